The number of rotatable bonds is 5. The van der Waals surface area contributed by atoms with E-state index in [-0.39, 0.29) is 6.04 Å². The third-order valence-electron chi connectivity index (χ3n) is 2.91. The van der Waals surface area contributed by atoms with E-state index in [1.165, 1.54) is 4.90 Å². The normalized spacial score (nSPS) is 10.4. The second-order valence-electron chi connectivity index (χ2n) is 4.62. The molecule has 0 bridgehead atoms. The Bertz CT molecular complexity index is 496. The summed E-state index contributed by atoms with van der Waals surface area (Å²) in [5.74, 6) is -4.17. The number of anilines is 1. The van der Waals surface area contributed by atoms with Gasteiger partial charge in [-0.2, -0.15) is 0 Å². The van der Waals surface area contributed by atoms with Crippen molar-refractivity contribution in [3.63, 3.8) is 0 Å². The van der Waals surface area contributed by atoms with Gasteiger partial charge in [0.25, 0.3) is 5.91 Å². The van der Waals surface area contributed by atoms with Crippen molar-refractivity contribution in [2.24, 2.45) is 5.92 Å². The van der Waals surface area contributed by atoms with Crippen molar-refractivity contribution in [1.82, 2.24) is 0 Å². The molecule has 0 N–H and O–H groups in total. The van der Waals surface area contributed by atoms with Gasteiger partial charge >= 0.3 is 11.9 Å². The van der Waals surface area contributed by atoms with E-state index in [2.05, 4.69) is 9.47 Å². The van der Waals surface area contributed by atoms with Crippen molar-refractivity contribution in [1.29, 1.82) is 0 Å². The molecule has 0 fully saturated rings. The lowest BCUT2D eigenvalue weighted by atomic mass is 10.1. The van der Waals surface area contributed by atoms with E-state index in [9.17, 15) is 14.4 Å². The van der Waals surface area contributed by atoms with Crippen molar-refractivity contribution >= 4 is 23.5 Å². The first-order valence-electron chi connectivity index (χ1n) is 6.47. The largest absolute Gasteiger partial charge is 0.468 e. The Hall–Kier alpha value is -2.37. The summed E-state index contributed by atoms with van der Waals surface area (Å²) in [7, 11) is 2.24. The smallest absolute Gasteiger partial charge is 0.329 e. The molecule has 0 aliphatic rings. The van der Waals surface area contributed by atoms with Crippen LogP contribution in [0.4, 0.5) is 5.69 Å². The average molecular weight is 293 g/mol. The van der Waals surface area contributed by atoms with Crippen LogP contribution in [0.5, 0.6) is 0 Å². The highest BCUT2D eigenvalue weighted by molar-refractivity contribution is 6.19. The lowest BCUT2D eigenvalue weighted by molar-refractivity contribution is -0.161. The number of para-hydroxylation sites is 1. The molecule has 0 saturated carbocycles. The molecule has 0 radical (unpaired) electrons. The number of benzene rings is 1. The summed E-state index contributed by atoms with van der Waals surface area (Å²) < 4.78 is 9.07. The Morgan fingerprint density at radius 3 is 1.81 bits per heavy atom. The predicted molar refractivity (Wildman–Crippen MR) is 76.6 cm³/mol. The number of hydrogen-bond acceptors (Lipinski definition) is 5. The number of ether oxygens (including phenoxy) is 2. The van der Waals surface area contributed by atoms with Gasteiger partial charge in [-0.25, -0.2) is 0 Å². The third kappa shape index (κ3) is 3.81. The van der Waals surface area contributed by atoms with Crippen LogP contribution in [0.25, 0.3) is 0 Å². The molecular weight excluding hydrogens is 274 g/mol. The zero-order valence-electron chi connectivity index (χ0n) is 12.5. The summed E-state index contributed by atoms with van der Waals surface area (Å²) in [6.07, 6.45) is 0. The van der Waals surface area contributed by atoms with Gasteiger partial charge in [0.05, 0.1) is 14.2 Å². The molecule has 1 amide bonds. The summed E-state index contributed by atoms with van der Waals surface area (Å²) in [4.78, 5) is 37.5. The van der Waals surface area contributed by atoms with E-state index in [4.69, 9.17) is 0 Å². The molecule has 0 spiro atoms. The molecule has 0 aliphatic heterocycles. The molecule has 0 heterocycles. The number of nitrogens with zero attached hydrogens (tertiary/aromatic N) is 1. The van der Waals surface area contributed by atoms with Gasteiger partial charge in [-0.1, -0.05) is 18.2 Å². The lowest BCUT2D eigenvalue weighted by Crippen LogP contribution is -2.47. The Morgan fingerprint density at radius 2 is 1.43 bits per heavy atom. The van der Waals surface area contributed by atoms with Crippen LogP contribution in [0.15, 0.2) is 30.3 Å². The van der Waals surface area contributed by atoms with Gasteiger partial charge in [-0.05, 0) is 26.0 Å². The Labute approximate surface area is 123 Å². The van der Waals surface area contributed by atoms with Gasteiger partial charge in [0.2, 0.25) is 5.92 Å². The average Bonchev–Trinajstić information content (AvgIpc) is 2.47. The second kappa shape index (κ2) is 7.42. The summed E-state index contributed by atoms with van der Waals surface area (Å²) in [5, 5.41) is 0. The van der Waals surface area contributed by atoms with E-state index in [1.54, 1.807) is 38.1 Å². The second-order valence-corrected chi connectivity index (χ2v) is 4.62. The van der Waals surface area contributed by atoms with Gasteiger partial charge in [0, 0.05) is 11.7 Å². The van der Waals surface area contributed by atoms with E-state index in [0.717, 1.165) is 14.2 Å². The number of methoxy groups -OCH3 is 2. The number of amides is 1. The maximum atomic E-state index is 12.6. The van der Waals surface area contributed by atoms with Crippen LogP contribution >= 0.6 is 0 Å². The molecule has 21 heavy (non-hydrogen) atoms. The molecular formula is C15H19NO5. The maximum absolute atomic E-state index is 12.6. The summed E-state index contributed by atoms with van der Waals surface area (Å²) in [5.41, 5.74) is 0.593. The van der Waals surface area contributed by atoms with Gasteiger partial charge in [0.1, 0.15) is 0 Å². The number of hydrogen-bond donors (Lipinski definition) is 0. The van der Waals surface area contributed by atoms with Crippen LogP contribution in [-0.4, -0.2) is 38.1 Å². The minimum Gasteiger partial charge on any atom is -0.468 e. The maximum Gasteiger partial charge on any atom is 0.329 e. The van der Waals surface area contributed by atoms with Gasteiger partial charge in [-0.3, -0.25) is 14.4 Å². The van der Waals surface area contributed by atoms with Gasteiger partial charge < -0.3 is 14.4 Å². The zero-order valence-corrected chi connectivity index (χ0v) is 12.5. The minimum absolute atomic E-state index is 0.239. The summed E-state index contributed by atoms with van der Waals surface area (Å²) in [6.45, 7) is 3.58. The molecule has 6 heteroatoms. The van der Waals surface area contributed by atoms with Crippen LogP contribution in [0.3, 0.4) is 0 Å². The molecule has 1 aromatic rings. The van der Waals surface area contributed by atoms with Gasteiger partial charge in [0.15, 0.2) is 0 Å². The van der Waals surface area contributed by atoms with Crippen LogP contribution in [0.2, 0.25) is 0 Å². The fourth-order valence-corrected chi connectivity index (χ4v) is 1.94. The molecule has 0 saturated heterocycles. The van der Waals surface area contributed by atoms with E-state index in [1.807, 2.05) is 6.07 Å². The first-order chi connectivity index (χ1) is 9.93. The van der Waals surface area contributed by atoms with E-state index in [0.29, 0.717) is 5.69 Å². The quantitative estimate of drug-likeness (QED) is 0.606. The Morgan fingerprint density at radius 1 is 0.952 bits per heavy atom. The molecule has 0 atom stereocenters. The van der Waals surface area contributed by atoms with Crippen molar-refractivity contribution in [3.8, 4) is 0 Å². The van der Waals surface area contributed by atoms with Crippen molar-refractivity contribution in [2.45, 2.75) is 19.9 Å². The van der Waals surface area contributed by atoms with Crippen LogP contribution in [-0.2, 0) is 23.9 Å². The highest BCUT2D eigenvalue weighted by atomic mass is 16.5. The van der Waals surface area contributed by atoms with E-state index >= 15 is 0 Å². The Kier molecular flexibility index (Phi) is 5.90. The highest BCUT2D eigenvalue weighted by Crippen LogP contribution is 2.20. The molecule has 114 valence electrons. The van der Waals surface area contributed by atoms with Crippen LogP contribution in [0, 0.1) is 5.92 Å². The Balaban J connectivity index is 3.20. The molecule has 0 unspecified atom stereocenters. The SMILES string of the molecule is COC(=O)C(C(=O)OC)C(=O)N(c1ccccc1)C(C)C. The monoisotopic (exact) mass is 293 g/mol. The third-order valence-corrected chi connectivity index (χ3v) is 2.91. The predicted octanol–water partition coefficient (Wildman–Crippen LogP) is 1.39. The van der Waals surface area contributed by atoms with Crippen molar-refractivity contribution < 1.29 is 23.9 Å². The zero-order chi connectivity index (χ0) is 16.0. The van der Waals surface area contributed by atoms with Crippen molar-refractivity contribution in [2.75, 3.05) is 19.1 Å². The van der Waals surface area contributed by atoms with E-state index < -0.39 is 23.8 Å². The minimum atomic E-state index is -1.62. The molecule has 1 aromatic carbocycles. The molecule has 1 rings (SSSR count). The van der Waals surface area contributed by atoms with Crippen molar-refractivity contribution in [3.05, 3.63) is 30.3 Å². The highest BCUT2D eigenvalue weighted by Gasteiger charge is 2.40. The van der Waals surface area contributed by atoms with Crippen LogP contribution in [0.1, 0.15) is 13.8 Å². The van der Waals surface area contributed by atoms with Gasteiger partial charge in [-0.15, -0.1) is 0 Å². The number of carbonyl (C=O) groups excluding carboxylic acids is 3. The lowest BCUT2D eigenvalue weighted by Gasteiger charge is -2.29. The first-order valence-corrected chi connectivity index (χ1v) is 6.47. The summed E-state index contributed by atoms with van der Waals surface area (Å²) >= 11 is 0. The fraction of sp³-hybridized carbons (Fsp3) is 0.400. The molecule has 0 aliphatic carbocycles. The van der Waals surface area contributed by atoms with Crippen LogP contribution < -0.4 is 4.90 Å². The topological polar surface area (TPSA) is 72.9 Å². The molecule has 6 nitrogen and oxygen atoms in total. The fourth-order valence-electron chi connectivity index (χ4n) is 1.94. The number of esters is 2. The summed E-state index contributed by atoms with van der Waals surface area (Å²) in [6, 6.07) is 8.56. The standard InChI is InChI=1S/C15H19NO5/c1-10(2)16(11-8-6-5-7-9-11)13(17)12(14(18)20-3)15(19)21-4/h5-10,12H,1-4H3. The number of carbonyl (C=O) groups is 3. The molecule has 0 aromatic heterocycles. The first kappa shape index (κ1) is 16.7.